The molecule has 2 unspecified atom stereocenters. The van der Waals surface area contributed by atoms with Gasteiger partial charge in [-0.05, 0) is 31.6 Å². The van der Waals surface area contributed by atoms with Crippen LogP contribution in [0.2, 0.25) is 5.04 Å². The molecule has 1 rings (SSSR count). The average molecular weight is 232 g/mol. The van der Waals surface area contributed by atoms with E-state index in [2.05, 4.69) is 0 Å². The van der Waals surface area contributed by atoms with Crippen molar-refractivity contribution in [3.05, 3.63) is 0 Å². The van der Waals surface area contributed by atoms with Crippen LogP contribution in [0.15, 0.2) is 0 Å². The van der Waals surface area contributed by atoms with Crippen LogP contribution >= 0.6 is 0 Å². The molecule has 0 radical (unpaired) electrons. The van der Waals surface area contributed by atoms with Crippen LogP contribution in [0.5, 0.6) is 0 Å². The topological polar surface area (TPSA) is 92.5 Å². The van der Waals surface area contributed by atoms with Gasteiger partial charge in [0.1, 0.15) is 0 Å². The van der Waals surface area contributed by atoms with Crippen LogP contribution in [0.1, 0.15) is 39.5 Å². The molecular weight excluding hydrogens is 208 g/mol. The molecule has 4 nitrogen and oxygen atoms in total. The molecule has 15 heavy (non-hydrogen) atoms. The van der Waals surface area contributed by atoms with Crippen molar-refractivity contribution in [3.63, 3.8) is 0 Å². The van der Waals surface area contributed by atoms with Crippen molar-refractivity contribution in [3.8, 4) is 0 Å². The summed E-state index contributed by atoms with van der Waals surface area (Å²) in [6.07, 6.45) is 3.67. The highest BCUT2D eigenvalue weighted by Crippen LogP contribution is 2.39. The molecule has 1 aliphatic carbocycles. The molecule has 1 aliphatic rings. The number of nitrogens with two attached hydrogens (primary N) is 2. The molecular formula is C10H24N2O2Si. The smallest absolute Gasteiger partial charge is 0.321 e. The lowest BCUT2D eigenvalue weighted by Gasteiger charge is -2.36. The second kappa shape index (κ2) is 4.93. The normalized spacial score (nSPS) is 33.4. The minimum Gasteiger partial charge on any atom is -0.413 e. The summed E-state index contributed by atoms with van der Waals surface area (Å²) >= 11 is 0. The maximum atomic E-state index is 9.37. The van der Waals surface area contributed by atoms with Crippen molar-refractivity contribution in [2.45, 2.75) is 56.7 Å². The Hall–Kier alpha value is 0.0569. The summed E-state index contributed by atoms with van der Waals surface area (Å²) in [6, 6.07) is 0.374. The molecule has 0 spiro atoms. The molecule has 0 heterocycles. The molecule has 1 fully saturated rings. The third-order valence-electron chi connectivity index (χ3n) is 3.39. The summed E-state index contributed by atoms with van der Waals surface area (Å²) in [5, 5.41) is -0.332. The van der Waals surface area contributed by atoms with Gasteiger partial charge in [-0.3, -0.25) is 0 Å². The molecule has 0 amide bonds. The third kappa shape index (κ3) is 3.84. The van der Waals surface area contributed by atoms with Gasteiger partial charge in [-0.25, -0.2) is 0 Å². The Morgan fingerprint density at radius 3 is 2.00 bits per heavy atom. The van der Waals surface area contributed by atoms with Crippen LogP contribution in [0.3, 0.4) is 0 Å². The van der Waals surface area contributed by atoms with Crippen molar-refractivity contribution < 1.29 is 9.59 Å². The van der Waals surface area contributed by atoms with Crippen molar-refractivity contribution in [2.75, 3.05) is 0 Å². The predicted molar refractivity (Wildman–Crippen MR) is 63.5 cm³/mol. The Morgan fingerprint density at radius 2 is 1.60 bits per heavy atom. The van der Waals surface area contributed by atoms with Gasteiger partial charge < -0.3 is 21.1 Å². The fourth-order valence-electron chi connectivity index (χ4n) is 2.55. The lowest BCUT2D eigenvalue weighted by molar-refractivity contribution is 0.238. The van der Waals surface area contributed by atoms with Gasteiger partial charge in [0.25, 0.3) is 0 Å². The standard InChI is InChI=1S/C10H24N2O2Si/c1-10(2,15(13)14)6-7-3-8(11)5-9(12)4-7/h7-9,13-15H,3-6,11-12H2,1-2H3. The first-order valence-electron chi connectivity index (χ1n) is 5.68. The second-order valence-electron chi connectivity index (χ2n) is 5.66. The second-order valence-corrected chi connectivity index (χ2v) is 7.97. The number of rotatable bonds is 3. The molecule has 0 bridgehead atoms. The van der Waals surface area contributed by atoms with E-state index in [4.69, 9.17) is 11.5 Å². The quantitative estimate of drug-likeness (QED) is 0.508. The summed E-state index contributed by atoms with van der Waals surface area (Å²) in [5.41, 5.74) is 11.8. The van der Waals surface area contributed by atoms with Crippen LogP contribution in [-0.2, 0) is 0 Å². The highest BCUT2D eigenvalue weighted by molar-refractivity contribution is 6.45. The van der Waals surface area contributed by atoms with Gasteiger partial charge in [0.15, 0.2) is 0 Å². The Morgan fingerprint density at radius 1 is 1.13 bits per heavy atom. The maximum Gasteiger partial charge on any atom is 0.321 e. The summed E-state index contributed by atoms with van der Waals surface area (Å²) < 4.78 is 0. The Labute approximate surface area is 93.5 Å². The van der Waals surface area contributed by atoms with Crippen molar-refractivity contribution in [1.82, 2.24) is 0 Å². The summed E-state index contributed by atoms with van der Waals surface area (Å²) in [5.74, 6) is 0.452. The van der Waals surface area contributed by atoms with Gasteiger partial charge in [-0.15, -0.1) is 0 Å². The molecule has 6 N–H and O–H groups in total. The summed E-state index contributed by atoms with van der Waals surface area (Å²) in [6.45, 7) is 3.85. The predicted octanol–water partition coefficient (Wildman–Crippen LogP) is -0.183. The van der Waals surface area contributed by atoms with Crippen LogP contribution in [0.25, 0.3) is 0 Å². The Kier molecular flexibility index (Phi) is 4.31. The average Bonchev–Trinajstić information content (AvgIpc) is 1.99. The fourth-order valence-corrected chi connectivity index (χ4v) is 3.09. The van der Waals surface area contributed by atoms with E-state index in [0.29, 0.717) is 5.92 Å². The first kappa shape index (κ1) is 13.1. The molecule has 0 aromatic heterocycles. The zero-order chi connectivity index (χ0) is 11.6. The lowest BCUT2D eigenvalue weighted by Crippen LogP contribution is -2.41. The molecule has 0 aromatic rings. The van der Waals surface area contributed by atoms with Crippen molar-refractivity contribution >= 4 is 9.28 Å². The molecule has 0 aliphatic heterocycles. The van der Waals surface area contributed by atoms with Gasteiger partial charge in [0.2, 0.25) is 0 Å². The van der Waals surface area contributed by atoms with E-state index in [1.807, 2.05) is 13.8 Å². The van der Waals surface area contributed by atoms with E-state index >= 15 is 0 Å². The van der Waals surface area contributed by atoms with E-state index < -0.39 is 9.28 Å². The summed E-state index contributed by atoms with van der Waals surface area (Å²) in [7, 11) is -2.57. The van der Waals surface area contributed by atoms with E-state index in [1.165, 1.54) is 0 Å². The third-order valence-corrected chi connectivity index (χ3v) is 5.03. The maximum absolute atomic E-state index is 9.37. The summed E-state index contributed by atoms with van der Waals surface area (Å²) in [4.78, 5) is 18.7. The van der Waals surface area contributed by atoms with Gasteiger partial charge >= 0.3 is 9.28 Å². The van der Waals surface area contributed by atoms with Gasteiger partial charge in [-0.1, -0.05) is 13.8 Å². The van der Waals surface area contributed by atoms with E-state index in [9.17, 15) is 9.59 Å². The van der Waals surface area contributed by atoms with Gasteiger partial charge in [0.05, 0.1) is 0 Å². The molecule has 1 saturated carbocycles. The van der Waals surface area contributed by atoms with Crippen LogP contribution in [-0.4, -0.2) is 31.0 Å². The van der Waals surface area contributed by atoms with E-state index in [-0.39, 0.29) is 17.1 Å². The largest absolute Gasteiger partial charge is 0.413 e. The van der Waals surface area contributed by atoms with Crippen molar-refractivity contribution in [1.29, 1.82) is 0 Å². The molecule has 2 atom stereocenters. The Bertz CT molecular complexity index is 202. The highest BCUT2D eigenvalue weighted by atomic mass is 28.3. The number of hydrogen-bond acceptors (Lipinski definition) is 4. The van der Waals surface area contributed by atoms with Crippen molar-refractivity contribution in [2.24, 2.45) is 17.4 Å². The first-order valence-corrected chi connectivity index (χ1v) is 7.29. The molecule has 5 heteroatoms. The van der Waals surface area contributed by atoms with Crippen LogP contribution in [0, 0.1) is 5.92 Å². The lowest BCUT2D eigenvalue weighted by atomic mass is 9.79. The van der Waals surface area contributed by atoms with Crippen LogP contribution in [0.4, 0.5) is 0 Å². The SMILES string of the molecule is CC(C)(CC1CC(N)CC(N)C1)[SiH](O)O. The van der Waals surface area contributed by atoms with E-state index in [1.54, 1.807) is 0 Å². The number of hydrogen-bond donors (Lipinski definition) is 4. The minimum atomic E-state index is -2.57. The van der Waals surface area contributed by atoms with Gasteiger partial charge in [-0.2, -0.15) is 0 Å². The zero-order valence-corrected chi connectivity index (χ0v) is 10.8. The first-order chi connectivity index (χ1) is 6.81. The molecule has 90 valence electrons. The fraction of sp³-hybridized carbons (Fsp3) is 1.00. The zero-order valence-electron chi connectivity index (χ0n) is 9.69. The van der Waals surface area contributed by atoms with Crippen LogP contribution < -0.4 is 11.5 Å². The monoisotopic (exact) mass is 232 g/mol. The Balaban J connectivity index is 2.50. The highest BCUT2D eigenvalue weighted by Gasteiger charge is 2.35. The molecule has 0 saturated heterocycles. The molecule has 0 aromatic carbocycles. The van der Waals surface area contributed by atoms with Gasteiger partial charge in [0, 0.05) is 17.1 Å². The van der Waals surface area contributed by atoms with E-state index in [0.717, 1.165) is 25.7 Å². The minimum absolute atomic E-state index is 0.187.